The number of carbonyl (C=O) groups is 1. The van der Waals surface area contributed by atoms with E-state index >= 15 is 0 Å². The summed E-state index contributed by atoms with van der Waals surface area (Å²) in [6, 6.07) is 0. The molecule has 0 fully saturated rings. The van der Waals surface area contributed by atoms with Gasteiger partial charge in [0.2, 0.25) is 0 Å². The lowest BCUT2D eigenvalue weighted by Crippen LogP contribution is -2.02. The Morgan fingerprint density at radius 2 is 1.81 bits per heavy atom. The number of benzene rings is 1. The van der Waals surface area contributed by atoms with E-state index in [-0.39, 0.29) is 0 Å². The number of hydrogen-bond donors (Lipinski definition) is 0. The Kier molecular flexibility index (Phi) is 4.36. The van der Waals surface area contributed by atoms with Crippen molar-refractivity contribution >= 4 is 17.9 Å². The van der Waals surface area contributed by atoms with Crippen molar-refractivity contribution in [3.63, 3.8) is 0 Å². The zero-order valence-corrected chi connectivity index (χ0v) is 10.9. The summed E-state index contributed by atoms with van der Waals surface area (Å²) in [5.74, 6) is 0.862. The highest BCUT2D eigenvalue weighted by Gasteiger charge is 2.16. The molecule has 0 radical (unpaired) electrons. The minimum absolute atomic E-state index is 0.496. The molecule has 1 aromatic carbocycles. The molecule has 0 amide bonds. The molecule has 0 N–H and O–H groups in total. The number of carbonyl (C=O) groups excluding carboxylic acids is 1. The second-order valence-corrected chi connectivity index (χ2v) is 4.28. The van der Waals surface area contributed by atoms with Crippen molar-refractivity contribution in [2.75, 3.05) is 7.11 Å². The predicted molar refractivity (Wildman–Crippen MR) is 66.6 cm³/mol. The summed E-state index contributed by atoms with van der Waals surface area (Å²) in [6.45, 7) is 5.94. The molecule has 0 aromatic heterocycles. The first kappa shape index (κ1) is 13.0. The molecule has 0 aliphatic rings. The average Bonchev–Trinajstić information content (AvgIpc) is 2.29. The summed E-state index contributed by atoms with van der Waals surface area (Å²) in [5, 5.41) is 0.777. The Balaban J connectivity index is 3.38. The van der Waals surface area contributed by atoms with Crippen LogP contribution >= 0.6 is 11.6 Å². The monoisotopic (exact) mass is 240 g/mol. The summed E-state index contributed by atoms with van der Waals surface area (Å²) in [4.78, 5) is 10.5. The lowest BCUT2D eigenvalue weighted by molar-refractivity contribution is -0.107. The fourth-order valence-electron chi connectivity index (χ4n) is 1.93. The van der Waals surface area contributed by atoms with Gasteiger partial charge in [-0.15, -0.1) is 0 Å². The molecule has 1 rings (SSSR count). The van der Waals surface area contributed by atoms with Gasteiger partial charge in [0.25, 0.3) is 0 Å². The van der Waals surface area contributed by atoms with Crippen molar-refractivity contribution < 1.29 is 9.53 Å². The SMILES string of the molecule is COc1c(C)c(C)c(Cl)c(C)c1CCC=O. The van der Waals surface area contributed by atoms with Gasteiger partial charge in [-0.25, -0.2) is 0 Å². The molecule has 0 aliphatic carbocycles. The van der Waals surface area contributed by atoms with E-state index in [2.05, 4.69) is 0 Å². The highest BCUT2D eigenvalue weighted by Crippen LogP contribution is 2.36. The number of methoxy groups -OCH3 is 1. The predicted octanol–water partition coefficient (Wildman–Crippen LogP) is 3.41. The molecule has 0 saturated heterocycles. The highest BCUT2D eigenvalue weighted by atomic mass is 35.5. The van der Waals surface area contributed by atoms with Crippen LogP contribution in [0.4, 0.5) is 0 Å². The zero-order valence-electron chi connectivity index (χ0n) is 10.2. The van der Waals surface area contributed by atoms with Gasteiger partial charge >= 0.3 is 0 Å². The third-order valence-corrected chi connectivity index (χ3v) is 3.57. The first-order valence-corrected chi connectivity index (χ1v) is 5.68. The number of aldehydes is 1. The average molecular weight is 241 g/mol. The van der Waals surface area contributed by atoms with Crippen LogP contribution in [0.25, 0.3) is 0 Å². The smallest absolute Gasteiger partial charge is 0.125 e. The van der Waals surface area contributed by atoms with Crippen LogP contribution < -0.4 is 4.74 Å². The van der Waals surface area contributed by atoms with Crippen LogP contribution in [0.1, 0.15) is 28.7 Å². The fourth-order valence-corrected chi connectivity index (χ4v) is 2.18. The summed E-state index contributed by atoms with van der Waals surface area (Å²) < 4.78 is 5.42. The standard InChI is InChI=1S/C13H17ClO2/c1-8-9(2)13(16-4)11(6-5-7-15)10(3)12(8)14/h7H,5-6H2,1-4H3. The molecule has 88 valence electrons. The third-order valence-electron chi connectivity index (χ3n) is 3.00. The van der Waals surface area contributed by atoms with Crippen LogP contribution in [0, 0.1) is 20.8 Å². The number of hydrogen-bond acceptors (Lipinski definition) is 2. The van der Waals surface area contributed by atoms with E-state index < -0.39 is 0 Å². The summed E-state index contributed by atoms with van der Waals surface area (Å²) >= 11 is 6.25. The molecule has 0 spiro atoms. The Hall–Kier alpha value is -1.02. The molecule has 0 atom stereocenters. The lowest BCUT2D eigenvalue weighted by Gasteiger charge is -2.18. The van der Waals surface area contributed by atoms with Gasteiger partial charge in [0.05, 0.1) is 7.11 Å². The van der Waals surface area contributed by atoms with E-state index in [0.717, 1.165) is 39.3 Å². The highest BCUT2D eigenvalue weighted by molar-refractivity contribution is 6.32. The Morgan fingerprint density at radius 3 is 2.31 bits per heavy atom. The lowest BCUT2D eigenvalue weighted by atomic mass is 9.96. The largest absolute Gasteiger partial charge is 0.496 e. The zero-order chi connectivity index (χ0) is 12.3. The summed E-state index contributed by atoms with van der Waals surface area (Å²) in [7, 11) is 1.65. The number of rotatable bonds is 4. The van der Waals surface area contributed by atoms with Crippen LogP contribution in [-0.2, 0) is 11.2 Å². The minimum atomic E-state index is 0.496. The number of halogens is 1. The minimum Gasteiger partial charge on any atom is -0.496 e. The first-order chi connectivity index (χ1) is 7.54. The maximum Gasteiger partial charge on any atom is 0.125 e. The molecule has 16 heavy (non-hydrogen) atoms. The fraction of sp³-hybridized carbons (Fsp3) is 0.462. The van der Waals surface area contributed by atoms with E-state index in [1.165, 1.54) is 0 Å². The Bertz CT molecular complexity index is 411. The molecule has 3 heteroatoms. The van der Waals surface area contributed by atoms with Gasteiger partial charge in [-0.2, -0.15) is 0 Å². The van der Waals surface area contributed by atoms with Gasteiger partial charge in [-0.3, -0.25) is 0 Å². The molecule has 0 unspecified atom stereocenters. The van der Waals surface area contributed by atoms with E-state index in [1.807, 2.05) is 20.8 Å². The first-order valence-electron chi connectivity index (χ1n) is 5.30. The van der Waals surface area contributed by atoms with Gasteiger partial charge in [0, 0.05) is 11.4 Å². The van der Waals surface area contributed by atoms with Gasteiger partial charge in [0.1, 0.15) is 12.0 Å². The van der Waals surface area contributed by atoms with Crippen molar-refractivity contribution in [3.8, 4) is 5.75 Å². The van der Waals surface area contributed by atoms with Crippen molar-refractivity contribution in [2.45, 2.75) is 33.6 Å². The van der Waals surface area contributed by atoms with Gasteiger partial charge in [0.15, 0.2) is 0 Å². The van der Waals surface area contributed by atoms with Crippen LogP contribution in [0.5, 0.6) is 5.75 Å². The molecule has 0 aliphatic heterocycles. The maximum absolute atomic E-state index is 10.5. The van der Waals surface area contributed by atoms with E-state index in [0.29, 0.717) is 12.8 Å². The van der Waals surface area contributed by atoms with E-state index in [1.54, 1.807) is 7.11 Å². The normalized spacial score (nSPS) is 10.3. The Morgan fingerprint density at radius 1 is 1.19 bits per heavy atom. The van der Waals surface area contributed by atoms with Gasteiger partial charge in [-0.05, 0) is 49.4 Å². The second kappa shape index (κ2) is 5.35. The summed E-state index contributed by atoms with van der Waals surface area (Å²) in [6.07, 6.45) is 2.09. The van der Waals surface area contributed by atoms with Gasteiger partial charge < -0.3 is 9.53 Å². The molecular weight excluding hydrogens is 224 g/mol. The van der Waals surface area contributed by atoms with Crippen molar-refractivity contribution in [2.24, 2.45) is 0 Å². The molecule has 2 nitrogen and oxygen atoms in total. The molecule has 0 saturated carbocycles. The number of ether oxygens (including phenoxy) is 1. The molecule has 0 heterocycles. The Labute approximate surface area is 102 Å². The van der Waals surface area contributed by atoms with Crippen LogP contribution in [0.3, 0.4) is 0 Å². The van der Waals surface area contributed by atoms with Crippen molar-refractivity contribution in [3.05, 3.63) is 27.3 Å². The van der Waals surface area contributed by atoms with E-state index in [4.69, 9.17) is 16.3 Å². The van der Waals surface area contributed by atoms with Crippen LogP contribution in [0.2, 0.25) is 5.02 Å². The quantitative estimate of drug-likeness (QED) is 0.754. The van der Waals surface area contributed by atoms with Crippen LogP contribution in [-0.4, -0.2) is 13.4 Å². The topological polar surface area (TPSA) is 26.3 Å². The molecule has 0 bridgehead atoms. The summed E-state index contributed by atoms with van der Waals surface area (Å²) in [5.41, 5.74) is 4.16. The maximum atomic E-state index is 10.5. The molecule has 1 aromatic rings. The van der Waals surface area contributed by atoms with Crippen molar-refractivity contribution in [1.29, 1.82) is 0 Å². The van der Waals surface area contributed by atoms with E-state index in [9.17, 15) is 4.79 Å². The van der Waals surface area contributed by atoms with Crippen molar-refractivity contribution in [1.82, 2.24) is 0 Å². The van der Waals surface area contributed by atoms with Crippen LogP contribution in [0.15, 0.2) is 0 Å². The third kappa shape index (κ3) is 2.22. The second-order valence-electron chi connectivity index (χ2n) is 3.91. The molecular formula is C13H17ClO2. The van der Waals surface area contributed by atoms with Gasteiger partial charge in [-0.1, -0.05) is 11.6 Å².